The molecular formula is C15H25NO5. The predicted molar refractivity (Wildman–Crippen MR) is 76.6 cm³/mol. The number of aliphatic carboxylic acids is 1. The molecule has 1 amide bonds. The molecule has 2 N–H and O–H groups in total. The summed E-state index contributed by atoms with van der Waals surface area (Å²) in [7, 11) is 0. The summed E-state index contributed by atoms with van der Waals surface area (Å²) in [6.07, 6.45) is 3.22. The molecule has 1 unspecified atom stereocenters. The van der Waals surface area contributed by atoms with Crippen LogP contribution in [-0.2, 0) is 19.1 Å². The van der Waals surface area contributed by atoms with Crippen molar-refractivity contribution in [1.29, 1.82) is 0 Å². The lowest BCUT2D eigenvalue weighted by Crippen LogP contribution is -2.39. The van der Waals surface area contributed by atoms with Gasteiger partial charge >= 0.3 is 11.9 Å². The summed E-state index contributed by atoms with van der Waals surface area (Å²) >= 11 is 0. The number of nitrogens with one attached hydrogen (secondary N) is 1. The summed E-state index contributed by atoms with van der Waals surface area (Å²) in [5, 5.41) is 11.6. The normalized spacial score (nSPS) is 23.1. The van der Waals surface area contributed by atoms with Crippen LogP contribution in [-0.4, -0.2) is 35.6 Å². The number of hydrogen-bond donors (Lipinski definition) is 2. The topological polar surface area (TPSA) is 92.7 Å². The summed E-state index contributed by atoms with van der Waals surface area (Å²) in [5.41, 5.74) is 0. The van der Waals surface area contributed by atoms with Gasteiger partial charge in [0.05, 0.1) is 12.5 Å². The van der Waals surface area contributed by atoms with E-state index < -0.39 is 5.97 Å². The Balaban J connectivity index is 2.27. The van der Waals surface area contributed by atoms with Gasteiger partial charge in [-0.1, -0.05) is 6.92 Å². The lowest BCUT2D eigenvalue weighted by Gasteiger charge is -2.28. The molecule has 21 heavy (non-hydrogen) atoms. The fourth-order valence-electron chi connectivity index (χ4n) is 2.71. The second-order valence-electron chi connectivity index (χ2n) is 5.78. The van der Waals surface area contributed by atoms with Crippen LogP contribution in [0.4, 0.5) is 0 Å². The maximum Gasteiger partial charge on any atom is 0.308 e. The zero-order chi connectivity index (χ0) is 15.8. The third kappa shape index (κ3) is 6.60. The number of amides is 1. The van der Waals surface area contributed by atoms with Crippen molar-refractivity contribution in [1.82, 2.24) is 5.32 Å². The quantitative estimate of drug-likeness (QED) is 0.698. The predicted octanol–water partition coefficient (Wildman–Crippen LogP) is 1.73. The van der Waals surface area contributed by atoms with Gasteiger partial charge in [0.1, 0.15) is 0 Å². The molecule has 0 bridgehead atoms. The van der Waals surface area contributed by atoms with Crippen molar-refractivity contribution >= 4 is 17.8 Å². The SMILES string of the molecule is CCOC(=O)C1CCC(NC(=O)CC(C)CC(=O)O)CC1. The summed E-state index contributed by atoms with van der Waals surface area (Å²) in [5.74, 6) is -1.35. The van der Waals surface area contributed by atoms with Crippen LogP contribution in [0.3, 0.4) is 0 Å². The van der Waals surface area contributed by atoms with Crippen molar-refractivity contribution in [2.75, 3.05) is 6.61 Å². The van der Waals surface area contributed by atoms with Gasteiger partial charge in [0, 0.05) is 18.9 Å². The van der Waals surface area contributed by atoms with Gasteiger partial charge in [-0.05, 0) is 38.5 Å². The van der Waals surface area contributed by atoms with Crippen LogP contribution in [0.1, 0.15) is 52.4 Å². The highest BCUT2D eigenvalue weighted by Gasteiger charge is 2.28. The van der Waals surface area contributed by atoms with Crippen LogP contribution in [0.2, 0.25) is 0 Å². The van der Waals surface area contributed by atoms with Crippen molar-refractivity contribution in [3.05, 3.63) is 0 Å². The molecule has 0 aromatic heterocycles. The Morgan fingerprint density at radius 3 is 2.33 bits per heavy atom. The van der Waals surface area contributed by atoms with E-state index in [1.807, 2.05) is 0 Å². The van der Waals surface area contributed by atoms with E-state index in [0.717, 1.165) is 25.7 Å². The highest BCUT2D eigenvalue weighted by atomic mass is 16.5. The van der Waals surface area contributed by atoms with E-state index in [0.29, 0.717) is 6.61 Å². The first kappa shape index (κ1) is 17.5. The maximum absolute atomic E-state index is 11.8. The number of carbonyl (C=O) groups is 3. The molecule has 1 fully saturated rings. The Labute approximate surface area is 125 Å². The van der Waals surface area contributed by atoms with Crippen molar-refractivity contribution in [3.8, 4) is 0 Å². The van der Waals surface area contributed by atoms with Crippen molar-refractivity contribution < 1.29 is 24.2 Å². The number of esters is 1. The molecule has 6 nitrogen and oxygen atoms in total. The van der Waals surface area contributed by atoms with E-state index in [1.54, 1.807) is 13.8 Å². The number of rotatable bonds is 7. The van der Waals surface area contributed by atoms with E-state index in [1.165, 1.54) is 0 Å². The lowest BCUT2D eigenvalue weighted by molar-refractivity contribution is -0.149. The molecule has 0 heterocycles. The molecule has 0 aromatic carbocycles. The summed E-state index contributed by atoms with van der Waals surface area (Å²) in [4.78, 5) is 34.0. The lowest BCUT2D eigenvalue weighted by atomic mass is 9.86. The van der Waals surface area contributed by atoms with Crippen LogP contribution in [0.15, 0.2) is 0 Å². The molecule has 1 saturated carbocycles. The fourth-order valence-corrected chi connectivity index (χ4v) is 2.71. The molecule has 6 heteroatoms. The molecule has 0 aromatic rings. The molecule has 0 radical (unpaired) electrons. The minimum Gasteiger partial charge on any atom is -0.481 e. The van der Waals surface area contributed by atoms with Gasteiger partial charge in [-0.2, -0.15) is 0 Å². The molecule has 0 aliphatic heterocycles. The Morgan fingerprint density at radius 1 is 1.19 bits per heavy atom. The first-order valence-electron chi connectivity index (χ1n) is 7.60. The Morgan fingerprint density at radius 2 is 1.81 bits per heavy atom. The highest BCUT2D eigenvalue weighted by Crippen LogP contribution is 2.25. The minimum absolute atomic E-state index is 0.00300. The Bertz CT molecular complexity index is 374. The maximum atomic E-state index is 11.8. The Hall–Kier alpha value is -1.59. The molecule has 1 atom stereocenters. The van der Waals surface area contributed by atoms with Gasteiger partial charge in [0.25, 0.3) is 0 Å². The number of ether oxygens (including phenoxy) is 1. The molecule has 0 spiro atoms. The molecule has 120 valence electrons. The van der Waals surface area contributed by atoms with Crippen LogP contribution in [0, 0.1) is 11.8 Å². The zero-order valence-corrected chi connectivity index (χ0v) is 12.8. The monoisotopic (exact) mass is 299 g/mol. The van der Waals surface area contributed by atoms with E-state index >= 15 is 0 Å². The van der Waals surface area contributed by atoms with Gasteiger partial charge in [0.2, 0.25) is 5.91 Å². The number of carboxylic acid groups (broad SMARTS) is 1. The van der Waals surface area contributed by atoms with Gasteiger partial charge in [-0.15, -0.1) is 0 Å². The molecular weight excluding hydrogens is 274 g/mol. The smallest absolute Gasteiger partial charge is 0.308 e. The number of hydrogen-bond acceptors (Lipinski definition) is 4. The van der Waals surface area contributed by atoms with Crippen LogP contribution >= 0.6 is 0 Å². The number of carboxylic acids is 1. The average Bonchev–Trinajstić information content (AvgIpc) is 2.38. The van der Waals surface area contributed by atoms with Crippen LogP contribution in [0.5, 0.6) is 0 Å². The molecule has 1 aliphatic rings. The largest absolute Gasteiger partial charge is 0.481 e. The third-order valence-electron chi connectivity index (χ3n) is 3.77. The molecule has 1 rings (SSSR count). The van der Waals surface area contributed by atoms with Crippen molar-refractivity contribution in [2.24, 2.45) is 11.8 Å². The second kappa shape index (κ2) is 8.64. The Kier molecular flexibility index (Phi) is 7.19. The zero-order valence-electron chi connectivity index (χ0n) is 12.8. The van der Waals surface area contributed by atoms with Gasteiger partial charge in [0.15, 0.2) is 0 Å². The number of carbonyl (C=O) groups excluding carboxylic acids is 2. The highest BCUT2D eigenvalue weighted by molar-refractivity contribution is 5.77. The van der Waals surface area contributed by atoms with Crippen molar-refractivity contribution in [2.45, 2.75) is 58.4 Å². The third-order valence-corrected chi connectivity index (χ3v) is 3.77. The summed E-state index contributed by atoms with van der Waals surface area (Å²) < 4.78 is 5.01. The van der Waals surface area contributed by atoms with Crippen molar-refractivity contribution in [3.63, 3.8) is 0 Å². The van der Waals surface area contributed by atoms with Crippen LogP contribution < -0.4 is 5.32 Å². The first-order valence-corrected chi connectivity index (χ1v) is 7.60. The summed E-state index contributed by atoms with van der Waals surface area (Å²) in [6, 6.07) is 0.0835. The van der Waals surface area contributed by atoms with E-state index in [-0.39, 0.29) is 42.6 Å². The van der Waals surface area contributed by atoms with E-state index in [4.69, 9.17) is 9.84 Å². The first-order chi connectivity index (χ1) is 9.92. The minimum atomic E-state index is -0.884. The standard InChI is InChI=1S/C15H25NO5/c1-3-21-15(20)11-4-6-12(7-5-11)16-13(17)8-10(2)9-14(18)19/h10-12H,3-9H2,1-2H3,(H,16,17)(H,18,19). The summed E-state index contributed by atoms with van der Waals surface area (Å²) in [6.45, 7) is 3.95. The average molecular weight is 299 g/mol. The van der Waals surface area contributed by atoms with Gasteiger partial charge in [-0.25, -0.2) is 0 Å². The second-order valence-corrected chi connectivity index (χ2v) is 5.78. The van der Waals surface area contributed by atoms with E-state index in [9.17, 15) is 14.4 Å². The van der Waals surface area contributed by atoms with Gasteiger partial charge in [-0.3, -0.25) is 14.4 Å². The molecule has 0 saturated heterocycles. The fraction of sp³-hybridized carbons (Fsp3) is 0.800. The van der Waals surface area contributed by atoms with Gasteiger partial charge < -0.3 is 15.2 Å². The van der Waals surface area contributed by atoms with Crippen LogP contribution in [0.25, 0.3) is 0 Å². The molecule has 1 aliphatic carbocycles. The van der Waals surface area contributed by atoms with E-state index in [2.05, 4.69) is 5.32 Å².